The van der Waals surface area contributed by atoms with Gasteiger partial charge in [0.25, 0.3) is 0 Å². The van der Waals surface area contributed by atoms with Crippen LogP contribution in [-0.4, -0.2) is 16.1 Å². The quantitative estimate of drug-likeness (QED) is 0.918. The minimum absolute atomic E-state index is 0.00345. The van der Waals surface area contributed by atoms with Crippen LogP contribution in [0.3, 0.4) is 0 Å². The van der Waals surface area contributed by atoms with Crippen LogP contribution < -0.4 is 4.74 Å². The van der Waals surface area contributed by atoms with Gasteiger partial charge in [-0.25, -0.2) is 9.78 Å². The first kappa shape index (κ1) is 13.8. The second kappa shape index (κ2) is 6.04. The van der Waals surface area contributed by atoms with E-state index in [1.165, 1.54) is 12.3 Å². The van der Waals surface area contributed by atoms with Gasteiger partial charge in [-0.1, -0.05) is 11.6 Å². The Kier molecular flexibility index (Phi) is 4.39. The molecule has 0 amide bonds. The highest BCUT2D eigenvalue weighted by atomic mass is 79.9. The van der Waals surface area contributed by atoms with Gasteiger partial charge in [0, 0.05) is 11.2 Å². The fourth-order valence-corrected chi connectivity index (χ4v) is 2.23. The van der Waals surface area contributed by atoms with Gasteiger partial charge in [0.2, 0.25) is 0 Å². The van der Waals surface area contributed by atoms with Crippen LogP contribution >= 0.6 is 27.5 Å². The maximum Gasteiger partial charge on any atom is 0.354 e. The number of hydrogen-bond donors (Lipinski definition) is 1. The fraction of sp³-hybridized carbons (Fsp3) is 0.0769. The number of carboxylic acids is 1. The minimum atomic E-state index is -1.06. The third-order valence-electron chi connectivity index (χ3n) is 2.33. The van der Waals surface area contributed by atoms with E-state index in [-0.39, 0.29) is 12.3 Å². The van der Waals surface area contributed by atoms with Crippen LogP contribution in [0.1, 0.15) is 16.1 Å². The van der Waals surface area contributed by atoms with Crippen molar-refractivity contribution in [2.24, 2.45) is 0 Å². The molecule has 0 unspecified atom stereocenters. The summed E-state index contributed by atoms with van der Waals surface area (Å²) in [6.45, 7) is 0.253. The summed E-state index contributed by atoms with van der Waals surface area (Å²) in [5.74, 6) is -0.424. The number of pyridine rings is 1. The first-order valence-electron chi connectivity index (χ1n) is 5.32. The molecule has 1 heterocycles. The van der Waals surface area contributed by atoms with E-state index in [0.29, 0.717) is 10.8 Å². The molecule has 1 aromatic heterocycles. The highest BCUT2D eigenvalue weighted by molar-refractivity contribution is 9.10. The average Bonchev–Trinajstić information content (AvgIpc) is 2.38. The number of rotatable bonds is 4. The number of aromatic carboxylic acids is 1. The summed E-state index contributed by atoms with van der Waals surface area (Å²) in [7, 11) is 0. The van der Waals surface area contributed by atoms with Crippen molar-refractivity contribution in [3.05, 3.63) is 57.3 Å². The minimum Gasteiger partial charge on any atom is -0.488 e. The van der Waals surface area contributed by atoms with E-state index in [1.807, 2.05) is 0 Å². The molecule has 0 saturated heterocycles. The summed E-state index contributed by atoms with van der Waals surface area (Å²) < 4.78 is 6.33. The Labute approximate surface area is 123 Å². The number of nitrogens with zero attached hydrogens (tertiary/aromatic N) is 1. The second-order valence-electron chi connectivity index (χ2n) is 3.72. The van der Waals surface area contributed by atoms with E-state index in [1.54, 1.807) is 24.3 Å². The van der Waals surface area contributed by atoms with Gasteiger partial charge >= 0.3 is 5.97 Å². The maximum absolute atomic E-state index is 10.8. The zero-order chi connectivity index (χ0) is 13.8. The van der Waals surface area contributed by atoms with E-state index in [4.69, 9.17) is 21.4 Å². The summed E-state index contributed by atoms with van der Waals surface area (Å²) in [5.41, 5.74) is 0.727. The number of benzene rings is 1. The highest BCUT2D eigenvalue weighted by Crippen LogP contribution is 2.28. The van der Waals surface area contributed by atoms with E-state index >= 15 is 0 Å². The molecule has 0 spiro atoms. The third-order valence-corrected chi connectivity index (χ3v) is 3.19. The summed E-state index contributed by atoms with van der Waals surface area (Å²) in [6.07, 6.45) is 1.44. The van der Waals surface area contributed by atoms with Gasteiger partial charge in [-0.2, -0.15) is 0 Å². The maximum atomic E-state index is 10.8. The van der Waals surface area contributed by atoms with Crippen molar-refractivity contribution in [3.8, 4) is 5.75 Å². The molecule has 0 aliphatic rings. The van der Waals surface area contributed by atoms with Crippen molar-refractivity contribution in [1.29, 1.82) is 0 Å². The monoisotopic (exact) mass is 341 g/mol. The molecule has 98 valence electrons. The Morgan fingerprint density at radius 2 is 2.16 bits per heavy atom. The van der Waals surface area contributed by atoms with E-state index in [2.05, 4.69) is 20.9 Å². The van der Waals surface area contributed by atoms with Gasteiger partial charge in [-0.05, 0) is 51.8 Å². The van der Waals surface area contributed by atoms with Gasteiger partial charge < -0.3 is 9.84 Å². The lowest BCUT2D eigenvalue weighted by Gasteiger charge is -2.08. The van der Waals surface area contributed by atoms with Crippen LogP contribution in [0.4, 0.5) is 0 Å². The normalized spacial score (nSPS) is 10.2. The Morgan fingerprint density at radius 3 is 2.84 bits per heavy atom. The molecule has 4 nitrogen and oxygen atoms in total. The molecule has 1 aromatic carbocycles. The van der Waals surface area contributed by atoms with Crippen LogP contribution in [-0.2, 0) is 6.61 Å². The fourth-order valence-electron chi connectivity index (χ4n) is 1.43. The summed E-state index contributed by atoms with van der Waals surface area (Å²) >= 11 is 9.17. The van der Waals surface area contributed by atoms with Crippen LogP contribution in [0.15, 0.2) is 41.0 Å². The molecular weight excluding hydrogens is 334 g/mol. The molecule has 0 bridgehead atoms. The first-order chi connectivity index (χ1) is 9.06. The lowest BCUT2D eigenvalue weighted by Crippen LogP contribution is -2.03. The third kappa shape index (κ3) is 3.68. The summed E-state index contributed by atoms with van der Waals surface area (Å²) in [4.78, 5) is 14.5. The molecule has 0 atom stereocenters. The van der Waals surface area contributed by atoms with Crippen LogP contribution in [0.25, 0.3) is 0 Å². The van der Waals surface area contributed by atoms with Crippen molar-refractivity contribution in [2.75, 3.05) is 0 Å². The summed E-state index contributed by atoms with van der Waals surface area (Å²) in [5, 5.41) is 9.45. The lowest BCUT2D eigenvalue weighted by molar-refractivity contribution is 0.0690. The van der Waals surface area contributed by atoms with Crippen molar-refractivity contribution in [2.45, 2.75) is 6.61 Å². The molecule has 1 N–H and O–H groups in total. The molecule has 0 saturated carbocycles. The number of ether oxygens (including phenoxy) is 1. The Balaban J connectivity index is 2.10. The molecule has 2 rings (SSSR count). The predicted octanol–water partition coefficient (Wildman–Crippen LogP) is 3.77. The number of carbonyl (C=O) groups is 1. The zero-order valence-electron chi connectivity index (χ0n) is 9.64. The van der Waals surface area contributed by atoms with E-state index in [0.717, 1.165) is 10.0 Å². The van der Waals surface area contributed by atoms with Crippen molar-refractivity contribution in [1.82, 2.24) is 4.98 Å². The average molecular weight is 343 g/mol. The van der Waals surface area contributed by atoms with Gasteiger partial charge in [0.05, 0.1) is 4.47 Å². The van der Waals surface area contributed by atoms with Gasteiger partial charge in [0.1, 0.15) is 18.1 Å². The SMILES string of the molecule is O=C(O)c1cc(COc2ccc(Cl)cc2Br)ccn1. The predicted molar refractivity (Wildman–Crippen MR) is 74.7 cm³/mol. The highest BCUT2D eigenvalue weighted by Gasteiger charge is 2.06. The standard InChI is InChI=1S/C13H9BrClNO3/c14-10-6-9(15)1-2-12(10)19-7-8-3-4-16-11(5-8)13(17)18/h1-6H,7H2,(H,17,18). The van der Waals surface area contributed by atoms with Crippen LogP contribution in [0.2, 0.25) is 5.02 Å². The Hall–Kier alpha value is -1.59. The molecule has 0 aliphatic carbocycles. The van der Waals surface area contributed by atoms with Gasteiger partial charge in [0.15, 0.2) is 0 Å². The van der Waals surface area contributed by atoms with Crippen molar-refractivity contribution < 1.29 is 14.6 Å². The number of halogens is 2. The zero-order valence-corrected chi connectivity index (χ0v) is 12.0. The molecule has 0 aliphatic heterocycles. The number of carboxylic acid groups (broad SMARTS) is 1. The topological polar surface area (TPSA) is 59.4 Å². The molecule has 2 aromatic rings. The molecule has 19 heavy (non-hydrogen) atoms. The van der Waals surface area contributed by atoms with Gasteiger partial charge in [-0.15, -0.1) is 0 Å². The van der Waals surface area contributed by atoms with Crippen LogP contribution in [0, 0.1) is 0 Å². The van der Waals surface area contributed by atoms with Crippen LogP contribution in [0.5, 0.6) is 5.75 Å². The second-order valence-corrected chi connectivity index (χ2v) is 5.01. The number of hydrogen-bond acceptors (Lipinski definition) is 3. The van der Waals surface area contributed by atoms with Crippen molar-refractivity contribution >= 4 is 33.5 Å². The first-order valence-corrected chi connectivity index (χ1v) is 6.49. The molecule has 6 heteroatoms. The van der Waals surface area contributed by atoms with Gasteiger partial charge in [-0.3, -0.25) is 0 Å². The smallest absolute Gasteiger partial charge is 0.354 e. The lowest BCUT2D eigenvalue weighted by atomic mass is 10.2. The summed E-state index contributed by atoms with van der Waals surface area (Å²) in [6, 6.07) is 8.37. The van der Waals surface area contributed by atoms with E-state index < -0.39 is 5.97 Å². The molecular formula is C13H9BrClNO3. The molecule has 0 radical (unpaired) electrons. The molecule has 0 fully saturated rings. The Bertz CT molecular complexity index is 619. The largest absolute Gasteiger partial charge is 0.488 e. The Morgan fingerprint density at radius 1 is 1.37 bits per heavy atom. The number of aromatic nitrogens is 1. The van der Waals surface area contributed by atoms with E-state index in [9.17, 15) is 4.79 Å². The van der Waals surface area contributed by atoms with Crippen molar-refractivity contribution in [3.63, 3.8) is 0 Å².